The molecule has 170 valence electrons. The number of benzene rings is 1. The van der Waals surface area contributed by atoms with Crippen LogP contribution in [0.1, 0.15) is 101 Å². The van der Waals surface area contributed by atoms with Crippen LogP contribution < -0.4 is 5.73 Å². The maximum atomic E-state index is 13.0. The lowest BCUT2D eigenvalue weighted by molar-refractivity contribution is -0.122. The van der Waals surface area contributed by atoms with Crippen molar-refractivity contribution in [2.24, 2.45) is 23.5 Å². The van der Waals surface area contributed by atoms with E-state index in [2.05, 4.69) is 18.4 Å². The molecule has 1 saturated carbocycles. The van der Waals surface area contributed by atoms with Gasteiger partial charge in [0.1, 0.15) is 5.82 Å². The number of hydrogen-bond donors (Lipinski definition) is 1. The summed E-state index contributed by atoms with van der Waals surface area (Å²) in [4.78, 5) is 29.8. The number of imidazole rings is 1. The molecule has 31 heavy (non-hydrogen) atoms. The summed E-state index contributed by atoms with van der Waals surface area (Å²) in [7, 11) is 0. The van der Waals surface area contributed by atoms with E-state index in [1.54, 1.807) is 0 Å². The van der Waals surface area contributed by atoms with E-state index >= 15 is 0 Å². The van der Waals surface area contributed by atoms with E-state index in [9.17, 15) is 9.59 Å². The van der Waals surface area contributed by atoms with Crippen molar-refractivity contribution in [2.75, 3.05) is 0 Å². The Labute approximate surface area is 186 Å². The minimum Gasteiger partial charge on any atom is -0.369 e. The molecule has 0 saturated heterocycles. The third-order valence-electron chi connectivity index (χ3n) is 6.93. The Morgan fingerprint density at radius 1 is 1.16 bits per heavy atom. The van der Waals surface area contributed by atoms with Gasteiger partial charge >= 0.3 is 0 Å². The molecule has 1 aliphatic rings. The zero-order valence-electron chi connectivity index (χ0n) is 19.7. The fourth-order valence-electron chi connectivity index (χ4n) is 5.21. The van der Waals surface area contributed by atoms with Crippen LogP contribution in [-0.4, -0.2) is 21.2 Å². The Morgan fingerprint density at radius 3 is 2.42 bits per heavy atom. The molecule has 1 unspecified atom stereocenters. The highest BCUT2D eigenvalue weighted by molar-refractivity contribution is 6.00. The summed E-state index contributed by atoms with van der Waals surface area (Å²) in [6.45, 7) is 8.55. The molecule has 0 radical (unpaired) electrons. The van der Waals surface area contributed by atoms with E-state index in [1.165, 1.54) is 25.7 Å². The van der Waals surface area contributed by atoms with Gasteiger partial charge in [0.2, 0.25) is 5.91 Å². The molecule has 0 bridgehead atoms. The standard InChI is InChI=1S/C26H39N3O2/c1-5-21(6-2)29-23-12-11-19(24(30)16-20(26(27)31)13-17(3)4)15-22(23)28-25(29)14-18-9-7-8-10-18/h11-12,15,17-18,20-21H,5-10,13-14,16H2,1-4H3,(H2,27,31). The first-order valence-electron chi connectivity index (χ1n) is 12.2. The number of amides is 1. The number of Topliss-reactive ketones (excluding diaryl/α,β-unsaturated/α-hetero) is 1. The number of hydrogen-bond acceptors (Lipinski definition) is 3. The van der Waals surface area contributed by atoms with Crippen LogP contribution in [0.2, 0.25) is 0 Å². The fourth-order valence-corrected chi connectivity index (χ4v) is 5.21. The van der Waals surface area contributed by atoms with Crippen LogP contribution in [0.3, 0.4) is 0 Å². The molecule has 1 heterocycles. The zero-order chi connectivity index (χ0) is 22.5. The lowest BCUT2D eigenvalue weighted by atomic mass is 9.90. The summed E-state index contributed by atoms with van der Waals surface area (Å²) in [6.07, 6.45) is 9.19. The van der Waals surface area contributed by atoms with Crippen molar-refractivity contribution in [3.05, 3.63) is 29.6 Å². The predicted octanol–water partition coefficient (Wildman–Crippen LogP) is 5.85. The van der Waals surface area contributed by atoms with Gasteiger partial charge in [-0.2, -0.15) is 0 Å². The number of carbonyl (C=O) groups excluding carboxylic acids is 2. The smallest absolute Gasteiger partial charge is 0.220 e. The molecule has 5 heteroatoms. The Hall–Kier alpha value is -2.17. The van der Waals surface area contributed by atoms with E-state index in [1.807, 2.05) is 32.0 Å². The van der Waals surface area contributed by atoms with Gasteiger partial charge in [-0.15, -0.1) is 0 Å². The number of nitrogens with zero attached hydrogens (tertiary/aromatic N) is 2. The van der Waals surface area contributed by atoms with Crippen LogP contribution in [0.25, 0.3) is 11.0 Å². The lowest BCUT2D eigenvalue weighted by Gasteiger charge is -2.20. The Kier molecular flexibility index (Phi) is 7.90. The van der Waals surface area contributed by atoms with Crippen molar-refractivity contribution >= 4 is 22.7 Å². The average molecular weight is 426 g/mol. The molecule has 0 spiro atoms. The summed E-state index contributed by atoms with van der Waals surface area (Å²) >= 11 is 0. The number of ketones is 1. The van der Waals surface area contributed by atoms with Crippen molar-refractivity contribution in [1.82, 2.24) is 9.55 Å². The van der Waals surface area contributed by atoms with Crippen LogP contribution in [0.15, 0.2) is 18.2 Å². The van der Waals surface area contributed by atoms with Gasteiger partial charge in [-0.05, 0) is 49.3 Å². The molecule has 1 aromatic heterocycles. The topological polar surface area (TPSA) is 78.0 Å². The first-order chi connectivity index (χ1) is 14.8. The van der Waals surface area contributed by atoms with E-state index in [4.69, 9.17) is 10.7 Å². The number of carbonyl (C=O) groups is 2. The van der Waals surface area contributed by atoms with E-state index in [-0.39, 0.29) is 18.1 Å². The van der Waals surface area contributed by atoms with Crippen LogP contribution in [0.5, 0.6) is 0 Å². The minimum atomic E-state index is -0.414. The second kappa shape index (κ2) is 10.4. The molecule has 1 amide bonds. The average Bonchev–Trinajstić information content (AvgIpc) is 3.36. The first kappa shape index (κ1) is 23.5. The Bertz CT molecular complexity index is 905. The highest BCUT2D eigenvalue weighted by Crippen LogP contribution is 2.32. The molecule has 2 N–H and O–H groups in total. The molecule has 3 rings (SSSR count). The number of nitrogens with two attached hydrogens (primary N) is 1. The van der Waals surface area contributed by atoms with Gasteiger partial charge in [0.25, 0.3) is 0 Å². The predicted molar refractivity (Wildman–Crippen MR) is 126 cm³/mol. The number of primary amides is 1. The zero-order valence-corrected chi connectivity index (χ0v) is 19.7. The van der Waals surface area contributed by atoms with Crippen LogP contribution >= 0.6 is 0 Å². The third-order valence-corrected chi connectivity index (χ3v) is 6.93. The van der Waals surface area contributed by atoms with Crippen molar-refractivity contribution in [2.45, 2.75) is 91.5 Å². The lowest BCUT2D eigenvalue weighted by Crippen LogP contribution is -2.27. The molecule has 1 fully saturated rings. The minimum absolute atomic E-state index is 0.0271. The van der Waals surface area contributed by atoms with Crippen LogP contribution in [0, 0.1) is 17.8 Å². The molecule has 2 aromatic rings. The number of aromatic nitrogens is 2. The molecule has 1 aromatic carbocycles. The van der Waals surface area contributed by atoms with Crippen LogP contribution in [0.4, 0.5) is 0 Å². The van der Waals surface area contributed by atoms with Gasteiger partial charge < -0.3 is 10.3 Å². The molecule has 0 aliphatic heterocycles. The summed E-state index contributed by atoms with van der Waals surface area (Å²) in [5.41, 5.74) is 8.20. The third kappa shape index (κ3) is 5.55. The van der Waals surface area contributed by atoms with E-state index in [0.717, 1.165) is 42.0 Å². The highest BCUT2D eigenvalue weighted by Gasteiger charge is 2.24. The van der Waals surface area contributed by atoms with Gasteiger partial charge in [0, 0.05) is 30.4 Å². The highest BCUT2D eigenvalue weighted by atomic mass is 16.1. The molecule has 1 atom stereocenters. The maximum Gasteiger partial charge on any atom is 0.220 e. The SMILES string of the molecule is CCC(CC)n1c(CC2CCCC2)nc2cc(C(=O)CC(CC(C)C)C(N)=O)ccc21. The van der Waals surface area contributed by atoms with Crippen molar-refractivity contribution in [1.29, 1.82) is 0 Å². The number of fused-ring (bicyclic) bond motifs is 1. The quantitative estimate of drug-likeness (QED) is 0.459. The summed E-state index contributed by atoms with van der Waals surface area (Å²) in [5.74, 6) is 1.37. The Morgan fingerprint density at radius 2 is 1.84 bits per heavy atom. The molecular formula is C26H39N3O2. The largest absolute Gasteiger partial charge is 0.369 e. The second-order valence-corrected chi connectivity index (χ2v) is 9.78. The summed E-state index contributed by atoms with van der Waals surface area (Å²) in [6, 6.07) is 6.29. The first-order valence-corrected chi connectivity index (χ1v) is 12.2. The van der Waals surface area contributed by atoms with Gasteiger partial charge in [-0.1, -0.05) is 53.4 Å². The molecule has 5 nitrogen and oxygen atoms in total. The van der Waals surface area contributed by atoms with Gasteiger partial charge in [-0.25, -0.2) is 4.98 Å². The summed E-state index contributed by atoms with van der Waals surface area (Å²) in [5, 5.41) is 0. The van der Waals surface area contributed by atoms with E-state index < -0.39 is 5.92 Å². The maximum absolute atomic E-state index is 13.0. The number of rotatable bonds is 11. The van der Waals surface area contributed by atoms with E-state index in [0.29, 0.717) is 23.9 Å². The van der Waals surface area contributed by atoms with Gasteiger partial charge in [0.15, 0.2) is 5.78 Å². The van der Waals surface area contributed by atoms with Crippen molar-refractivity contribution in [3.63, 3.8) is 0 Å². The fraction of sp³-hybridized carbons (Fsp3) is 0.654. The normalized spacial score (nSPS) is 15.9. The summed E-state index contributed by atoms with van der Waals surface area (Å²) < 4.78 is 2.42. The van der Waals surface area contributed by atoms with Crippen LogP contribution in [-0.2, 0) is 11.2 Å². The van der Waals surface area contributed by atoms with Gasteiger partial charge in [-0.3, -0.25) is 9.59 Å². The monoisotopic (exact) mass is 425 g/mol. The second-order valence-electron chi connectivity index (χ2n) is 9.78. The van der Waals surface area contributed by atoms with Gasteiger partial charge in [0.05, 0.1) is 11.0 Å². The van der Waals surface area contributed by atoms with Crippen molar-refractivity contribution < 1.29 is 9.59 Å². The van der Waals surface area contributed by atoms with Crippen molar-refractivity contribution in [3.8, 4) is 0 Å². The molecular weight excluding hydrogens is 386 g/mol. The Balaban J connectivity index is 1.91. The molecule has 1 aliphatic carbocycles.